The predicted molar refractivity (Wildman–Crippen MR) is 161 cm³/mol. The molecule has 0 atom stereocenters. The average molecular weight is 586 g/mol. The predicted octanol–water partition coefficient (Wildman–Crippen LogP) is 4.35. The van der Waals surface area contributed by atoms with Crippen LogP contribution in [0.1, 0.15) is 28.8 Å². The van der Waals surface area contributed by atoms with Gasteiger partial charge in [-0.3, -0.25) is 9.52 Å². The Morgan fingerprint density at radius 2 is 1.34 bits per heavy atom. The molecule has 2 N–H and O–H groups in total. The molecular weight excluding hydrogens is 546 g/mol. The zero-order valence-electron chi connectivity index (χ0n) is 24.2. The number of amides is 1. The van der Waals surface area contributed by atoms with Crippen LogP contribution in [0.3, 0.4) is 0 Å². The summed E-state index contributed by atoms with van der Waals surface area (Å²) in [5.41, 5.74) is 2.66. The summed E-state index contributed by atoms with van der Waals surface area (Å²) in [7, 11) is 2.94. The third-order valence-electron chi connectivity index (χ3n) is 6.36. The number of rotatable bonds is 16. The lowest BCUT2D eigenvalue weighted by Crippen LogP contribution is -2.33. The molecule has 0 fully saturated rings. The first kappa shape index (κ1) is 31.6. The summed E-state index contributed by atoms with van der Waals surface area (Å²) < 4.78 is 47.0. The van der Waals surface area contributed by atoms with Crippen LogP contribution in [0, 0.1) is 0 Å². The van der Waals surface area contributed by atoms with E-state index in [1.807, 2.05) is 24.3 Å². The number of ether oxygens (including phenoxy) is 4. The fourth-order valence-corrected chi connectivity index (χ4v) is 4.90. The Bertz CT molecular complexity index is 1400. The highest BCUT2D eigenvalue weighted by molar-refractivity contribution is 7.92. The topological polar surface area (TPSA) is 115 Å². The molecule has 0 aromatic heterocycles. The molecule has 0 aliphatic heterocycles. The van der Waals surface area contributed by atoms with E-state index in [1.165, 1.54) is 5.56 Å². The summed E-state index contributed by atoms with van der Waals surface area (Å²) in [4.78, 5) is 15.3. The number of sulfonamides is 1. The van der Waals surface area contributed by atoms with E-state index in [0.29, 0.717) is 47.2 Å². The van der Waals surface area contributed by atoms with E-state index in [0.717, 1.165) is 37.9 Å². The Labute approximate surface area is 242 Å². The number of anilines is 2. The van der Waals surface area contributed by atoms with E-state index in [1.54, 1.807) is 69.7 Å². The van der Waals surface area contributed by atoms with E-state index >= 15 is 0 Å². The highest BCUT2D eigenvalue weighted by atomic mass is 32.2. The lowest BCUT2D eigenvalue weighted by atomic mass is 10.1. The van der Waals surface area contributed by atoms with Gasteiger partial charge >= 0.3 is 0 Å². The Kier molecular flexibility index (Phi) is 11.7. The molecule has 0 aliphatic carbocycles. The maximum atomic E-state index is 13.6. The SMILES string of the molecule is COc1ccc(CCCNCCCN(C(=O)c2ccc(NS(C)(=O)=O)cc2)c2ccc(OC)c(OC)c2)cc1OC. The van der Waals surface area contributed by atoms with Crippen molar-refractivity contribution in [1.82, 2.24) is 5.32 Å². The molecule has 222 valence electrons. The first-order valence-corrected chi connectivity index (χ1v) is 15.1. The largest absolute Gasteiger partial charge is 0.493 e. The van der Waals surface area contributed by atoms with E-state index in [4.69, 9.17) is 18.9 Å². The number of benzene rings is 3. The number of carbonyl (C=O) groups excluding carboxylic acids is 1. The van der Waals surface area contributed by atoms with Crippen molar-refractivity contribution in [3.63, 3.8) is 0 Å². The van der Waals surface area contributed by atoms with Crippen LogP contribution in [0.15, 0.2) is 60.7 Å². The molecule has 11 heteroatoms. The standard InChI is InChI=1S/C30H39N3O7S/c1-37-26-15-9-22(20-28(26)39-3)8-6-17-31-18-7-19-33(25-14-16-27(38-2)29(21-25)40-4)30(34)23-10-12-24(13-11-23)32-41(5,35)36/h9-16,20-21,31-32H,6-8,17-19H2,1-5H3. The van der Waals surface area contributed by atoms with Gasteiger partial charge in [-0.25, -0.2) is 8.42 Å². The van der Waals surface area contributed by atoms with Gasteiger partial charge in [-0.05, 0) is 86.4 Å². The van der Waals surface area contributed by atoms with Crippen LogP contribution in [-0.4, -0.2) is 68.7 Å². The Morgan fingerprint density at radius 1 is 0.756 bits per heavy atom. The highest BCUT2D eigenvalue weighted by Gasteiger charge is 2.20. The number of nitrogens with zero attached hydrogens (tertiary/aromatic N) is 1. The van der Waals surface area contributed by atoms with Crippen molar-refractivity contribution in [3.8, 4) is 23.0 Å². The number of methoxy groups -OCH3 is 4. The van der Waals surface area contributed by atoms with Crippen molar-refractivity contribution in [2.24, 2.45) is 0 Å². The molecule has 0 spiro atoms. The molecule has 3 aromatic carbocycles. The normalized spacial score (nSPS) is 11.0. The molecule has 0 unspecified atom stereocenters. The second-order valence-corrected chi connectivity index (χ2v) is 11.1. The third-order valence-corrected chi connectivity index (χ3v) is 6.97. The summed E-state index contributed by atoms with van der Waals surface area (Å²) in [5, 5.41) is 3.46. The summed E-state index contributed by atoms with van der Waals surface area (Å²) >= 11 is 0. The smallest absolute Gasteiger partial charge is 0.258 e. The second kappa shape index (κ2) is 15.2. The van der Waals surface area contributed by atoms with Gasteiger partial charge in [0.15, 0.2) is 23.0 Å². The van der Waals surface area contributed by atoms with Crippen LogP contribution in [0.2, 0.25) is 0 Å². The van der Waals surface area contributed by atoms with Crippen LogP contribution in [0.5, 0.6) is 23.0 Å². The fraction of sp³-hybridized carbons (Fsp3) is 0.367. The molecule has 0 heterocycles. The Balaban J connectivity index is 1.62. The van der Waals surface area contributed by atoms with Gasteiger partial charge in [-0.1, -0.05) is 6.07 Å². The molecule has 0 saturated heterocycles. The van der Waals surface area contributed by atoms with Crippen molar-refractivity contribution < 1.29 is 32.2 Å². The monoisotopic (exact) mass is 585 g/mol. The van der Waals surface area contributed by atoms with Crippen molar-refractivity contribution >= 4 is 27.3 Å². The first-order chi connectivity index (χ1) is 19.7. The lowest BCUT2D eigenvalue weighted by molar-refractivity contribution is 0.0986. The van der Waals surface area contributed by atoms with Gasteiger partial charge in [0.05, 0.1) is 34.7 Å². The quantitative estimate of drug-likeness (QED) is 0.239. The van der Waals surface area contributed by atoms with Crippen molar-refractivity contribution in [1.29, 1.82) is 0 Å². The Morgan fingerprint density at radius 3 is 1.95 bits per heavy atom. The van der Waals surface area contributed by atoms with Crippen molar-refractivity contribution in [2.75, 3.05) is 64.0 Å². The lowest BCUT2D eigenvalue weighted by Gasteiger charge is -2.24. The summed E-state index contributed by atoms with van der Waals surface area (Å²) in [5.74, 6) is 2.31. The number of nitrogens with one attached hydrogen (secondary N) is 2. The Hall–Kier alpha value is -3.96. The van der Waals surface area contributed by atoms with Crippen LogP contribution < -0.4 is 33.9 Å². The van der Waals surface area contributed by atoms with E-state index in [-0.39, 0.29) is 5.91 Å². The highest BCUT2D eigenvalue weighted by Crippen LogP contribution is 2.32. The third kappa shape index (κ3) is 9.29. The zero-order valence-corrected chi connectivity index (χ0v) is 25.0. The van der Waals surface area contributed by atoms with E-state index in [2.05, 4.69) is 10.0 Å². The first-order valence-electron chi connectivity index (χ1n) is 13.2. The summed E-state index contributed by atoms with van der Waals surface area (Å²) in [6.45, 7) is 2.01. The molecule has 3 rings (SSSR count). The van der Waals surface area contributed by atoms with Gasteiger partial charge in [0.25, 0.3) is 5.91 Å². The maximum absolute atomic E-state index is 13.6. The number of hydrogen-bond donors (Lipinski definition) is 2. The molecule has 41 heavy (non-hydrogen) atoms. The van der Waals surface area contributed by atoms with Gasteiger partial charge in [-0.2, -0.15) is 0 Å². The molecule has 3 aromatic rings. The van der Waals surface area contributed by atoms with Crippen LogP contribution in [-0.2, 0) is 16.4 Å². The minimum absolute atomic E-state index is 0.212. The van der Waals surface area contributed by atoms with Crippen LogP contribution >= 0.6 is 0 Å². The zero-order chi connectivity index (χ0) is 29.8. The van der Waals surface area contributed by atoms with Gasteiger partial charge in [0.1, 0.15) is 0 Å². The minimum Gasteiger partial charge on any atom is -0.493 e. The summed E-state index contributed by atoms with van der Waals surface area (Å²) in [6.07, 6.45) is 3.63. The van der Waals surface area contributed by atoms with Gasteiger partial charge in [0, 0.05) is 29.5 Å². The minimum atomic E-state index is -3.42. The van der Waals surface area contributed by atoms with Gasteiger partial charge in [0.2, 0.25) is 10.0 Å². The van der Waals surface area contributed by atoms with Gasteiger partial charge in [-0.15, -0.1) is 0 Å². The molecule has 10 nitrogen and oxygen atoms in total. The molecule has 0 bridgehead atoms. The van der Waals surface area contributed by atoms with E-state index < -0.39 is 10.0 Å². The van der Waals surface area contributed by atoms with Gasteiger partial charge < -0.3 is 29.2 Å². The van der Waals surface area contributed by atoms with Crippen LogP contribution in [0.4, 0.5) is 11.4 Å². The molecule has 0 saturated carbocycles. The summed E-state index contributed by atoms with van der Waals surface area (Å²) in [6, 6.07) is 17.7. The number of carbonyl (C=O) groups is 1. The number of hydrogen-bond acceptors (Lipinski definition) is 8. The molecule has 1 amide bonds. The second-order valence-electron chi connectivity index (χ2n) is 9.34. The fourth-order valence-electron chi connectivity index (χ4n) is 4.33. The number of aryl methyl sites for hydroxylation is 1. The van der Waals surface area contributed by atoms with Crippen molar-refractivity contribution in [2.45, 2.75) is 19.3 Å². The molecule has 0 radical (unpaired) electrons. The molecular formula is C30H39N3O7S. The van der Waals surface area contributed by atoms with E-state index in [9.17, 15) is 13.2 Å². The van der Waals surface area contributed by atoms with Crippen LogP contribution in [0.25, 0.3) is 0 Å². The maximum Gasteiger partial charge on any atom is 0.258 e. The average Bonchev–Trinajstić information content (AvgIpc) is 2.97. The van der Waals surface area contributed by atoms with Crippen molar-refractivity contribution in [3.05, 3.63) is 71.8 Å². The molecule has 0 aliphatic rings.